The standard InChI is InChI=1S/C28H37ClN2O3/c1-3-4-5-9-18-34-24-15-12-22(13-16-24)27(32)30-23-14-17-25(26(29)19-23)28(33)31(2)20-21-10-7-6-8-11-21/h12-17,19,21H,3-11,18,20H2,1-2H3,(H,30,32). The van der Waals surface area contributed by atoms with Gasteiger partial charge in [-0.15, -0.1) is 0 Å². The largest absolute Gasteiger partial charge is 0.494 e. The van der Waals surface area contributed by atoms with Crippen LogP contribution in [0.2, 0.25) is 5.02 Å². The van der Waals surface area contributed by atoms with E-state index in [1.165, 1.54) is 51.4 Å². The van der Waals surface area contributed by atoms with Crippen LogP contribution in [0.15, 0.2) is 42.5 Å². The summed E-state index contributed by atoms with van der Waals surface area (Å²) in [4.78, 5) is 27.3. The number of anilines is 1. The molecule has 0 aliphatic heterocycles. The average Bonchev–Trinajstić information content (AvgIpc) is 2.84. The number of halogens is 1. The van der Waals surface area contributed by atoms with Gasteiger partial charge in [-0.25, -0.2) is 0 Å². The third kappa shape index (κ3) is 7.76. The third-order valence-corrected chi connectivity index (χ3v) is 6.76. The van der Waals surface area contributed by atoms with Crippen LogP contribution in [-0.4, -0.2) is 36.9 Å². The Hall–Kier alpha value is -2.53. The molecule has 0 heterocycles. The molecule has 0 aromatic heterocycles. The molecule has 2 aromatic carbocycles. The highest BCUT2D eigenvalue weighted by atomic mass is 35.5. The number of amides is 2. The molecule has 0 atom stereocenters. The van der Waals surface area contributed by atoms with Crippen molar-refractivity contribution in [3.63, 3.8) is 0 Å². The summed E-state index contributed by atoms with van der Waals surface area (Å²) in [6.07, 6.45) is 10.8. The smallest absolute Gasteiger partial charge is 0.255 e. The van der Waals surface area contributed by atoms with Crippen molar-refractivity contribution in [1.29, 1.82) is 0 Å². The van der Waals surface area contributed by atoms with Gasteiger partial charge in [0.2, 0.25) is 0 Å². The number of hydrogen-bond acceptors (Lipinski definition) is 3. The van der Waals surface area contributed by atoms with Crippen LogP contribution in [0.25, 0.3) is 0 Å². The summed E-state index contributed by atoms with van der Waals surface area (Å²) in [5, 5.41) is 3.19. The van der Waals surface area contributed by atoms with Gasteiger partial charge >= 0.3 is 0 Å². The molecule has 1 saturated carbocycles. The van der Waals surface area contributed by atoms with Crippen LogP contribution < -0.4 is 10.1 Å². The minimum Gasteiger partial charge on any atom is -0.494 e. The monoisotopic (exact) mass is 484 g/mol. The lowest BCUT2D eigenvalue weighted by atomic mass is 9.89. The molecule has 1 aliphatic carbocycles. The van der Waals surface area contributed by atoms with Gasteiger partial charge in [-0.05, 0) is 67.6 Å². The minimum absolute atomic E-state index is 0.0845. The number of nitrogens with one attached hydrogen (secondary N) is 1. The maximum Gasteiger partial charge on any atom is 0.255 e. The van der Waals surface area contributed by atoms with E-state index < -0.39 is 0 Å². The zero-order valence-corrected chi connectivity index (χ0v) is 21.2. The Morgan fingerprint density at radius 3 is 2.44 bits per heavy atom. The molecule has 2 amide bonds. The van der Waals surface area contributed by atoms with E-state index in [1.54, 1.807) is 35.2 Å². The van der Waals surface area contributed by atoms with Crippen molar-refractivity contribution in [3.8, 4) is 5.75 Å². The predicted molar refractivity (Wildman–Crippen MR) is 139 cm³/mol. The van der Waals surface area contributed by atoms with E-state index in [0.29, 0.717) is 34.4 Å². The van der Waals surface area contributed by atoms with Crippen LogP contribution in [0.4, 0.5) is 5.69 Å². The highest BCUT2D eigenvalue weighted by Crippen LogP contribution is 2.26. The Bertz CT molecular complexity index is 939. The molecule has 1 aliphatic rings. The van der Waals surface area contributed by atoms with Gasteiger partial charge in [0, 0.05) is 24.8 Å². The van der Waals surface area contributed by atoms with Crippen LogP contribution in [0, 0.1) is 5.92 Å². The molecule has 0 unspecified atom stereocenters. The Kier molecular flexibility index (Phi) is 10.3. The summed E-state index contributed by atoms with van der Waals surface area (Å²) in [6, 6.07) is 12.2. The summed E-state index contributed by atoms with van der Waals surface area (Å²) < 4.78 is 5.74. The number of carbonyl (C=O) groups excluding carboxylic acids is 2. The second-order valence-corrected chi connectivity index (χ2v) is 9.68. The van der Waals surface area contributed by atoms with Crippen molar-refractivity contribution in [2.75, 3.05) is 25.5 Å². The SMILES string of the molecule is CCCCCCOc1ccc(C(=O)Nc2ccc(C(=O)N(C)CC3CCCCC3)c(Cl)c2)cc1. The first-order valence-electron chi connectivity index (χ1n) is 12.6. The van der Waals surface area contributed by atoms with E-state index in [2.05, 4.69) is 12.2 Å². The fourth-order valence-electron chi connectivity index (χ4n) is 4.44. The van der Waals surface area contributed by atoms with Gasteiger partial charge < -0.3 is 15.0 Å². The molecule has 0 bridgehead atoms. The molecule has 2 aromatic rings. The molecule has 0 saturated heterocycles. The van der Waals surface area contributed by atoms with Crippen molar-refractivity contribution in [3.05, 3.63) is 58.6 Å². The number of benzene rings is 2. The van der Waals surface area contributed by atoms with Gasteiger partial charge in [-0.1, -0.05) is 57.0 Å². The topological polar surface area (TPSA) is 58.6 Å². The number of rotatable bonds is 11. The Labute approximate surface area is 208 Å². The summed E-state index contributed by atoms with van der Waals surface area (Å²) in [7, 11) is 1.83. The lowest BCUT2D eigenvalue weighted by Gasteiger charge is -2.27. The third-order valence-electron chi connectivity index (χ3n) is 6.44. The van der Waals surface area contributed by atoms with Gasteiger partial charge in [0.15, 0.2) is 0 Å². The molecule has 34 heavy (non-hydrogen) atoms. The fourth-order valence-corrected chi connectivity index (χ4v) is 4.70. The molecule has 3 rings (SSSR count). The maximum absolute atomic E-state index is 12.9. The van der Waals surface area contributed by atoms with Crippen molar-refractivity contribution in [2.45, 2.75) is 64.7 Å². The first-order chi connectivity index (χ1) is 16.5. The van der Waals surface area contributed by atoms with E-state index in [1.807, 2.05) is 19.2 Å². The highest BCUT2D eigenvalue weighted by Gasteiger charge is 2.21. The Balaban J connectivity index is 1.53. The van der Waals surface area contributed by atoms with Crippen LogP contribution in [0.3, 0.4) is 0 Å². The quantitative estimate of drug-likeness (QED) is 0.343. The molecule has 5 nitrogen and oxygen atoms in total. The summed E-state index contributed by atoms with van der Waals surface area (Å²) in [6.45, 7) is 3.63. The second-order valence-electron chi connectivity index (χ2n) is 9.27. The number of hydrogen-bond donors (Lipinski definition) is 1. The van der Waals surface area contributed by atoms with Crippen LogP contribution in [0.5, 0.6) is 5.75 Å². The van der Waals surface area contributed by atoms with Crippen LogP contribution >= 0.6 is 11.6 Å². The van der Waals surface area contributed by atoms with E-state index in [9.17, 15) is 9.59 Å². The van der Waals surface area contributed by atoms with E-state index in [-0.39, 0.29) is 11.8 Å². The van der Waals surface area contributed by atoms with Crippen LogP contribution in [0.1, 0.15) is 85.4 Å². The maximum atomic E-state index is 12.9. The fraction of sp³-hybridized carbons (Fsp3) is 0.500. The molecule has 0 radical (unpaired) electrons. The molecule has 184 valence electrons. The number of carbonyl (C=O) groups is 2. The van der Waals surface area contributed by atoms with Gasteiger partial charge in [0.25, 0.3) is 11.8 Å². The molecule has 0 spiro atoms. The number of unbranched alkanes of at least 4 members (excludes halogenated alkanes) is 3. The molecular formula is C28H37ClN2O3. The van der Waals surface area contributed by atoms with Crippen molar-refractivity contribution >= 4 is 29.1 Å². The van der Waals surface area contributed by atoms with Crippen molar-refractivity contribution < 1.29 is 14.3 Å². The first-order valence-corrected chi connectivity index (χ1v) is 12.9. The highest BCUT2D eigenvalue weighted by molar-refractivity contribution is 6.34. The van der Waals surface area contributed by atoms with Gasteiger partial charge in [-0.3, -0.25) is 9.59 Å². The van der Waals surface area contributed by atoms with Gasteiger partial charge in [0.05, 0.1) is 17.2 Å². The zero-order chi connectivity index (χ0) is 24.3. The second kappa shape index (κ2) is 13.4. The van der Waals surface area contributed by atoms with E-state index >= 15 is 0 Å². The molecule has 1 N–H and O–H groups in total. The van der Waals surface area contributed by atoms with Crippen LogP contribution in [-0.2, 0) is 0 Å². The average molecular weight is 485 g/mol. The Morgan fingerprint density at radius 1 is 1.03 bits per heavy atom. The predicted octanol–water partition coefficient (Wildman–Crippen LogP) is 7.20. The number of ether oxygens (including phenoxy) is 1. The van der Waals surface area contributed by atoms with E-state index in [4.69, 9.17) is 16.3 Å². The lowest BCUT2D eigenvalue weighted by molar-refractivity contribution is 0.0760. The minimum atomic E-state index is -0.237. The molecular weight excluding hydrogens is 448 g/mol. The lowest BCUT2D eigenvalue weighted by Crippen LogP contribution is -2.32. The van der Waals surface area contributed by atoms with Gasteiger partial charge in [0.1, 0.15) is 5.75 Å². The summed E-state index contributed by atoms with van der Waals surface area (Å²) >= 11 is 6.43. The normalized spacial score (nSPS) is 14.0. The van der Waals surface area contributed by atoms with Crippen molar-refractivity contribution in [2.24, 2.45) is 5.92 Å². The zero-order valence-electron chi connectivity index (χ0n) is 20.4. The van der Waals surface area contributed by atoms with Gasteiger partial charge in [-0.2, -0.15) is 0 Å². The first kappa shape index (κ1) is 26.1. The summed E-state index contributed by atoms with van der Waals surface area (Å²) in [5.74, 6) is 1.01. The molecule has 6 heteroatoms. The van der Waals surface area contributed by atoms with E-state index in [0.717, 1.165) is 18.7 Å². The summed E-state index contributed by atoms with van der Waals surface area (Å²) in [5.41, 5.74) is 1.54. The number of nitrogens with zero attached hydrogens (tertiary/aromatic N) is 1. The van der Waals surface area contributed by atoms with Crippen molar-refractivity contribution in [1.82, 2.24) is 4.90 Å². The Morgan fingerprint density at radius 2 is 1.76 bits per heavy atom. The molecule has 1 fully saturated rings.